The molecule has 1 aliphatic rings. The summed E-state index contributed by atoms with van der Waals surface area (Å²) in [5, 5.41) is 3.11. The van der Waals surface area contributed by atoms with Gasteiger partial charge in [-0.25, -0.2) is 0 Å². The molecule has 2 unspecified atom stereocenters. The minimum absolute atomic E-state index is 0. The van der Waals surface area contributed by atoms with E-state index in [-0.39, 0.29) is 24.4 Å². The summed E-state index contributed by atoms with van der Waals surface area (Å²) < 4.78 is 5.89. The van der Waals surface area contributed by atoms with Crippen molar-refractivity contribution in [1.82, 2.24) is 5.32 Å². The van der Waals surface area contributed by atoms with Crippen molar-refractivity contribution < 1.29 is 9.53 Å². The van der Waals surface area contributed by atoms with Gasteiger partial charge in [-0.05, 0) is 36.9 Å². The van der Waals surface area contributed by atoms with Gasteiger partial charge < -0.3 is 15.8 Å². The number of benzene rings is 2. The van der Waals surface area contributed by atoms with Gasteiger partial charge >= 0.3 is 0 Å². The van der Waals surface area contributed by atoms with Crippen LogP contribution in [0, 0.1) is 5.92 Å². The van der Waals surface area contributed by atoms with E-state index in [9.17, 15) is 4.79 Å². The average Bonchev–Trinajstić information content (AvgIpc) is 3.10. The zero-order chi connectivity index (χ0) is 17.5. The number of nitrogens with one attached hydrogen (secondary N) is 1. The number of para-hydroxylation sites is 1. The van der Waals surface area contributed by atoms with Gasteiger partial charge in [0.25, 0.3) is 0 Å². The SMILES string of the molecule is Cl.NCC1CCCC1NC(=O)CCOc1ccccc1-c1ccccc1. The third kappa shape index (κ3) is 5.23. The molecule has 0 aliphatic heterocycles. The van der Waals surface area contributed by atoms with Crippen LogP contribution in [0.2, 0.25) is 0 Å². The number of hydrogen-bond acceptors (Lipinski definition) is 3. The Morgan fingerprint density at radius 3 is 2.58 bits per heavy atom. The van der Waals surface area contributed by atoms with E-state index < -0.39 is 0 Å². The highest BCUT2D eigenvalue weighted by atomic mass is 35.5. The molecule has 0 bridgehead atoms. The van der Waals surface area contributed by atoms with Crippen molar-refractivity contribution in [2.45, 2.75) is 31.7 Å². The largest absolute Gasteiger partial charge is 0.492 e. The maximum atomic E-state index is 12.2. The third-order valence-corrected chi connectivity index (χ3v) is 4.87. The van der Waals surface area contributed by atoms with Gasteiger partial charge in [0.15, 0.2) is 0 Å². The van der Waals surface area contributed by atoms with Crippen LogP contribution < -0.4 is 15.8 Å². The van der Waals surface area contributed by atoms with Crippen LogP contribution in [-0.4, -0.2) is 25.1 Å². The lowest BCUT2D eigenvalue weighted by atomic mass is 10.0. The zero-order valence-corrected chi connectivity index (χ0v) is 15.7. The highest BCUT2D eigenvalue weighted by molar-refractivity contribution is 5.85. The first kappa shape index (κ1) is 20.3. The van der Waals surface area contributed by atoms with E-state index in [4.69, 9.17) is 10.5 Å². The van der Waals surface area contributed by atoms with E-state index in [1.54, 1.807) is 0 Å². The van der Waals surface area contributed by atoms with Crippen LogP contribution in [0.5, 0.6) is 5.75 Å². The summed E-state index contributed by atoms with van der Waals surface area (Å²) in [6.45, 7) is 1.02. The van der Waals surface area contributed by atoms with Crippen molar-refractivity contribution in [3.8, 4) is 16.9 Å². The molecule has 0 spiro atoms. The van der Waals surface area contributed by atoms with Gasteiger partial charge in [0.2, 0.25) is 5.91 Å². The van der Waals surface area contributed by atoms with Crippen molar-refractivity contribution in [2.24, 2.45) is 11.7 Å². The average molecular weight is 375 g/mol. The molecule has 2 atom stereocenters. The number of nitrogens with two attached hydrogens (primary N) is 1. The smallest absolute Gasteiger partial charge is 0.223 e. The van der Waals surface area contributed by atoms with Gasteiger partial charge in [0.05, 0.1) is 13.0 Å². The number of carbonyl (C=O) groups excluding carboxylic acids is 1. The number of carbonyl (C=O) groups is 1. The summed E-state index contributed by atoms with van der Waals surface area (Å²) in [6, 6.07) is 18.3. The molecule has 3 rings (SSSR count). The minimum atomic E-state index is 0. The summed E-state index contributed by atoms with van der Waals surface area (Å²) in [7, 11) is 0. The second-order valence-corrected chi connectivity index (χ2v) is 6.56. The lowest BCUT2D eigenvalue weighted by Gasteiger charge is -2.19. The fourth-order valence-electron chi connectivity index (χ4n) is 3.49. The Hall–Kier alpha value is -2.04. The van der Waals surface area contributed by atoms with Crippen molar-refractivity contribution in [2.75, 3.05) is 13.2 Å². The third-order valence-electron chi connectivity index (χ3n) is 4.87. The number of amides is 1. The molecule has 1 aliphatic carbocycles. The summed E-state index contributed by atoms with van der Waals surface area (Å²) in [5.74, 6) is 1.27. The van der Waals surface area contributed by atoms with Crippen LogP contribution in [0.15, 0.2) is 54.6 Å². The number of ether oxygens (including phenoxy) is 1. The zero-order valence-electron chi connectivity index (χ0n) is 14.9. The maximum absolute atomic E-state index is 12.2. The van der Waals surface area contributed by atoms with Crippen LogP contribution in [0.25, 0.3) is 11.1 Å². The van der Waals surface area contributed by atoms with Crippen molar-refractivity contribution >= 4 is 18.3 Å². The first-order chi connectivity index (χ1) is 12.3. The molecular weight excluding hydrogens is 348 g/mol. The molecule has 1 saturated carbocycles. The van der Waals surface area contributed by atoms with E-state index in [1.165, 1.54) is 0 Å². The fourth-order valence-corrected chi connectivity index (χ4v) is 3.49. The normalized spacial score (nSPS) is 18.8. The van der Waals surface area contributed by atoms with E-state index in [0.717, 1.165) is 36.1 Å². The highest BCUT2D eigenvalue weighted by Crippen LogP contribution is 2.29. The van der Waals surface area contributed by atoms with E-state index in [2.05, 4.69) is 17.4 Å². The van der Waals surface area contributed by atoms with Crippen LogP contribution in [0.4, 0.5) is 0 Å². The summed E-state index contributed by atoms with van der Waals surface area (Å²) in [5.41, 5.74) is 7.93. The predicted molar refractivity (Wildman–Crippen MR) is 108 cm³/mol. The Balaban J connectivity index is 0.00000243. The van der Waals surface area contributed by atoms with E-state index >= 15 is 0 Å². The van der Waals surface area contributed by atoms with E-state index in [1.807, 2.05) is 42.5 Å². The Kier molecular flexibility index (Phi) is 7.95. The summed E-state index contributed by atoms with van der Waals surface area (Å²) >= 11 is 0. The van der Waals surface area contributed by atoms with Gasteiger partial charge in [-0.2, -0.15) is 0 Å². The molecule has 140 valence electrons. The van der Waals surface area contributed by atoms with Crippen LogP contribution in [0.1, 0.15) is 25.7 Å². The number of rotatable bonds is 7. The molecule has 0 heterocycles. The standard InChI is InChI=1S/C21H26N2O2.ClH/c22-15-17-9-6-11-19(17)23-21(24)13-14-25-20-12-5-4-10-18(20)16-7-2-1-3-8-16;/h1-5,7-8,10,12,17,19H,6,9,11,13-15,22H2,(H,23,24);1H. The molecule has 4 nitrogen and oxygen atoms in total. The molecule has 0 radical (unpaired) electrons. The number of halogens is 1. The quantitative estimate of drug-likeness (QED) is 0.775. The first-order valence-electron chi connectivity index (χ1n) is 9.04. The molecule has 5 heteroatoms. The fraction of sp³-hybridized carbons (Fsp3) is 0.381. The Bertz CT molecular complexity index is 693. The van der Waals surface area contributed by atoms with E-state index in [0.29, 0.717) is 25.5 Å². The molecule has 0 aromatic heterocycles. The van der Waals surface area contributed by atoms with Gasteiger partial charge in [-0.3, -0.25) is 4.79 Å². The first-order valence-corrected chi connectivity index (χ1v) is 9.04. The Morgan fingerprint density at radius 1 is 1.08 bits per heavy atom. The van der Waals surface area contributed by atoms with Crippen molar-refractivity contribution in [1.29, 1.82) is 0 Å². The minimum Gasteiger partial charge on any atom is -0.492 e. The highest BCUT2D eigenvalue weighted by Gasteiger charge is 2.27. The van der Waals surface area contributed by atoms with Gasteiger partial charge in [0, 0.05) is 11.6 Å². The molecule has 2 aromatic rings. The summed E-state index contributed by atoms with van der Waals surface area (Å²) in [6.07, 6.45) is 3.65. The van der Waals surface area contributed by atoms with Crippen LogP contribution in [0.3, 0.4) is 0 Å². The molecule has 2 aromatic carbocycles. The topological polar surface area (TPSA) is 64.3 Å². The van der Waals surface area contributed by atoms with Crippen LogP contribution >= 0.6 is 12.4 Å². The summed E-state index contributed by atoms with van der Waals surface area (Å²) in [4.78, 5) is 12.2. The Morgan fingerprint density at radius 2 is 1.81 bits per heavy atom. The molecule has 1 amide bonds. The molecule has 3 N–H and O–H groups in total. The molecule has 1 fully saturated rings. The lowest BCUT2D eigenvalue weighted by molar-refractivity contribution is -0.122. The monoisotopic (exact) mass is 374 g/mol. The predicted octanol–water partition coefficient (Wildman–Crippen LogP) is 3.79. The van der Waals surface area contributed by atoms with Crippen LogP contribution in [-0.2, 0) is 4.79 Å². The Labute approximate surface area is 161 Å². The lowest BCUT2D eigenvalue weighted by Crippen LogP contribution is -2.40. The van der Waals surface area contributed by atoms with Crippen molar-refractivity contribution in [3.05, 3.63) is 54.6 Å². The maximum Gasteiger partial charge on any atom is 0.223 e. The van der Waals surface area contributed by atoms with Gasteiger partial charge in [-0.15, -0.1) is 12.4 Å². The van der Waals surface area contributed by atoms with Gasteiger partial charge in [-0.1, -0.05) is 55.0 Å². The molecular formula is C21H27ClN2O2. The second kappa shape index (κ2) is 10.2. The molecule has 0 saturated heterocycles. The van der Waals surface area contributed by atoms with Crippen molar-refractivity contribution in [3.63, 3.8) is 0 Å². The second-order valence-electron chi connectivity index (χ2n) is 6.56. The molecule has 26 heavy (non-hydrogen) atoms. The van der Waals surface area contributed by atoms with Gasteiger partial charge in [0.1, 0.15) is 5.75 Å². The number of hydrogen-bond donors (Lipinski definition) is 2.